The second-order valence-electron chi connectivity index (χ2n) is 2.07. The molecule has 0 aromatic rings. The largest absolute Gasteiger partial charge is 0.290 e. The molecule has 0 heterocycles. The molecule has 2 nitrogen and oxygen atoms in total. The van der Waals surface area contributed by atoms with Crippen LogP contribution >= 0.6 is 0 Å². The van der Waals surface area contributed by atoms with Gasteiger partial charge in [-0.3, -0.25) is 9.59 Å². The number of carbonyl (C=O) groups excluding carboxylic acids is 2. The van der Waals surface area contributed by atoms with Crippen molar-refractivity contribution in [2.75, 3.05) is 0 Å². The molecule has 3 aliphatic carbocycles. The van der Waals surface area contributed by atoms with Crippen molar-refractivity contribution < 1.29 is 15.1 Å². The van der Waals surface area contributed by atoms with E-state index in [1.807, 2.05) is 0 Å². The van der Waals surface area contributed by atoms with Gasteiger partial charge in [0, 0.05) is 2.74 Å². The number of allylic oxidation sites excluding steroid dienone is 4. The molecule has 0 unspecified atom stereocenters. The minimum atomic E-state index is -2.06. The highest BCUT2D eigenvalue weighted by atomic mass is 16.2. The van der Waals surface area contributed by atoms with Gasteiger partial charge in [0.15, 0.2) is 0 Å². The van der Waals surface area contributed by atoms with Crippen LogP contribution in [0, 0.1) is 11.8 Å². The van der Waals surface area contributed by atoms with E-state index in [0.29, 0.717) is 0 Å². The van der Waals surface area contributed by atoms with Gasteiger partial charge >= 0.3 is 0 Å². The Bertz CT molecular complexity index is 387. The van der Waals surface area contributed by atoms with Crippen LogP contribution in [0.15, 0.2) is 24.3 Å². The van der Waals surface area contributed by atoms with Crippen molar-refractivity contribution in [2.45, 2.75) is 0 Å². The van der Waals surface area contributed by atoms with Gasteiger partial charge < -0.3 is 0 Å². The summed E-state index contributed by atoms with van der Waals surface area (Å²) in [5, 5.41) is 0. The topological polar surface area (TPSA) is 34.1 Å². The highest BCUT2D eigenvalue weighted by molar-refractivity contribution is 6.41. The third-order valence-corrected chi connectivity index (χ3v) is 1.44. The van der Waals surface area contributed by atoms with Crippen molar-refractivity contribution in [3.05, 3.63) is 24.3 Å². The number of hydrogen-bond acceptors (Lipinski definition) is 2. The van der Waals surface area contributed by atoms with Crippen LogP contribution in [0.4, 0.5) is 0 Å². The van der Waals surface area contributed by atoms with Crippen LogP contribution in [0.5, 0.6) is 0 Å². The molecule has 0 amide bonds. The highest BCUT2D eigenvalue weighted by Gasteiger charge is 2.33. The maximum Gasteiger partial charge on any atom is 0.209 e. The Morgan fingerprint density at radius 2 is 1.60 bits per heavy atom. The predicted octanol–water partition coefficient (Wildman–Crippen LogP) is 0.497. The molecule has 50 valence electrons. The number of fused-ring (bicyclic) bond motifs is 1. The summed E-state index contributed by atoms with van der Waals surface area (Å²) in [5.41, 5.74) is 0. The van der Waals surface area contributed by atoms with E-state index in [0.717, 1.165) is 12.2 Å². The van der Waals surface area contributed by atoms with Gasteiger partial charge in [0.1, 0.15) is 0 Å². The van der Waals surface area contributed by atoms with Gasteiger partial charge in [-0.15, -0.1) is 0 Å². The Morgan fingerprint density at radius 1 is 1.20 bits per heavy atom. The number of Topliss-reactive ketones (excluding diaryl/α,β-unsaturated/α-hetero) is 2. The standard InChI is InChI=1S/C8H6O2/c9-7-5-1-2-6(4-3-5)8(7)10/h1-6H/t5-,6+/i1D,2D,5D,6D. The summed E-state index contributed by atoms with van der Waals surface area (Å²) >= 11 is 0. The fourth-order valence-corrected chi connectivity index (χ4v) is 0.894. The molecule has 3 aliphatic rings. The van der Waals surface area contributed by atoms with Crippen LogP contribution in [0.25, 0.3) is 0 Å². The van der Waals surface area contributed by atoms with Crippen LogP contribution in [0.2, 0.25) is 0 Å². The summed E-state index contributed by atoms with van der Waals surface area (Å²) < 4.78 is 29.9. The lowest BCUT2D eigenvalue weighted by molar-refractivity contribution is -0.139. The van der Waals surface area contributed by atoms with Gasteiger partial charge in [0.2, 0.25) is 11.6 Å². The summed E-state index contributed by atoms with van der Waals surface area (Å²) in [7, 11) is 0. The van der Waals surface area contributed by atoms with Crippen LogP contribution < -0.4 is 0 Å². The van der Waals surface area contributed by atoms with E-state index in [2.05, 4.69) is 0 Å². The molecule has 0 aromatic heterocycles. The van der Waals surface area contributed by atoms with E-state index >= 15 is 0 Å². The fourth-order valence-electron chi connectivity index (χ4n) is 0.894. The van der Waals surface area contributed by atoms with E-state index in [1.54, 1.807) is 0 Å². The molecular weight excluding hydrogens is 128 g/mol. The lowest BCUT2D eigenvalue weighted by atomic mass is 9.80. The zero-order chi connectivity index (χ0) is 10.7. The van der Waals surface area contributed by atoms with Crippen molar-refractivity contribution in [1.82, 2.24) is 0 Å². The summed E-state index contributed by atoms with van der Waals surface area (Å²) in [6, 6.07) is -1.14. The summed E-state index contributed by atoms with van der Waals surface area (Å²) in [4.78, 5) is 22.6. The average molecular weight is 138 g/mol. The molecule has 0 aliphatic heterocycles. The molecule has 2 heteroatoms. The predicted molar refractivity (Wildman–Crippen MR) is 35.3 cm³/mol. The fraction of sp³-hybridized carbons (Fsp3) is 0.250. The summed E-state index contributed by atoms with van der Waals surface area (Å²) in [6.07, 6.45) is 2.09. The molecule has 3 rings (SSSR count). The molecule has 0 radical (unpaired) electrons. The van der Waals surface area contributed by atoms with E-state index in [1.165, 1.54) is 0 Å². The number of hydrogen-bond donors (Lipinski definition) is 0. The van der Waals surface area contributed by atoms with E-state index < -0.39 is 35.5 Å². The normalized spacial score (nSPS) is 58.0. The summed E-state index contributed by atoms with van der Waals surface area (Å²) in [6.45, 7) is 0. The zero-order valence-electron chi connectivity index (χ0n) is 8.97. The van der Waals surface area contributed by atoms with Crippen LogP contribution in [-0.4, -0.2) is 11.6 Å². The first-order valence-electron chi connectivity index (χ1n) is 4.82. The number of rotatable bonds is 0. The van der Waals surface area contributed by atoms with Gasteiger partial charge in [-0.1, -0.05) is 24.3 Å². The SMILES string of the molecule is [2H]C1=C([2H])[C@]2([2H])C=C[C@@]1([2H])C(=O)C2=O. The molecular formula is C8H6O2. The van der Waals surface area contributed by atoms with Crippen molar-refractivity contribution in [2.24, 2.45) is 11.8 Å². The molecule has 0 saturated carbocycles. The zero-order valence-corrected chi connectivity index (χ0v) is 4.97. The van der Waals surface area contributed by atoms with E-state index in [-0.39, 0.29) is 0 Å². The lowest BCUT2D eigenvalue weighted by Gasteiger charge is -2.20. The van der Waals surface area contributed by atoms with Crippen LogP contribution in [0.1, 0.15) is 5.48 Å². The minimum Gasteiger partial charge on any atom is -0.290 e. The molecule has 0 N–H and O–H groups in total. The molecule has 0 saturated heterocycles. The lowest BCUT2D eigenvalue weighted by Crippen LogP contribution is -2.33. The Balaban J connectivity index is 2.79. The number of ketones is 2. The third-order valence-electron chi connectivity index (χ3n) is 1.44. The monoisotopic (exact) mass is 138 g/mol. The second-order valence-corrected chi connectivity index (χ2v) is 2.07. The Labute approximate surface area is 63.8 Å². The Hall–Kier alpha value is -1.18. The van der Waals surface area contributed by atoms with E-state index in [4.69, 9.17) is 5.48 Å². The minimum absolute atomic E-state index is 0.570. The van der Waals surface area contributed by atoms with Gasteiger partial charge in [0.05, 0.1) is 14.5 Å². The van der Waals surface area contributed by atoms with E-state index in [9.17, 15) is 9.59 Å². The average Bonchev–Trinajstić information content (AvgIpc) is 2.16. The summed E-state index contributed by atoms with van der Waals surface area (Å²) in [5.74, 6) is -6.29. The third kappa shape index (κ3) is 0.533. The van der Waals surface area contributed by atoms with Crippen molar-refractivity contribution in [3.8, 4) is 0 Å². The van der Waals surface area contributed by atoms with Gasteiger partial charge in [-0.05, 0) is 0 Å². The van der Waals surface area contributed by atoms with Crippen molar-refractivity contribution >= 4 is 11.6 Å². The highest BCUT2D eigenvalue weighted by Crippen LogP contribution is 2.24. The molecule has 0 aromatic carbocycles. The maximum atomic E-state index is 11.3. The number of carbonyl (C=O) groups is 2. The van der Waals surface area contributed by atoms with Gasteiger partial charge in [-0.2, -0.15) is 0 Å². The molecule has 0 spiro atoms. The second kappa shape index (κ2) is 1.66. The quantitative estimate of drug-likeness (QED) is 0.361. The van der Waals surface area contributed by atoms with Crippen molar-refractivity contribution in [3.63, 3.8) is 0 Å². The van der Waals surface area contributed by atoms with Crippen LogP contribution in [0.3, 0.4) is 0 Å². The van der Waals surface area contributed by atoms with Crippen molar-refractivity contribution in [1.29, 1.82) is 0 Å². The molecule has 0 fully saturated rings. The Kier molecular flexibility index (Phi) is 0.468. The smallest absolute Gasteiger partial charge is 0.209 e. The van der Waals surface area contributed by atoms with Gasteiger partial charge in [-0.25, -0.2) is 0 Å². The molecule has 2 atom stereocenters. The van der Waals surface area contributed by atoms with Crippen LogP contribution in [-0.2, 0) is 9.59 Å². The molecule has 10 heavy (non-hydrogen) atoms. The first-order chi connectivity index (χ1) is 6.34. The maximum absolute atomic E-state index is 11.3. The van der Waals surface area contributed by atoms with Gasteiger partial charge in [0.25, 0.3) is 0 Å². The molecule has 2 bridgehead atoms. The first-order valence-corrected chi connectivity index (χ1v) is 2.82. The Morgan fingerprint density at radius 3 is 2.00 bits per heavy atom. The first kappa shape index (κ1) is 2.82.